The average Bonchev–Trinajstić information content (AvgIpc) is 3.25. The molecule has 0 unspecified atom stereocenters. The van der Waals surface area contributed by atoms with Gasteiger partial charge in [0.15, 0.2) is 0 Å². The largest absolute Gasteiger partial charge is 0.370 e. The van der Waals surface area contributed by atoms with Crippen molar-refractivity contribution in [1.29, 1.82) is 5.26 Å². The third kappa shape index (κ3) is 4.40. The zero-order valence-electron chi connectivity index (χ0n) is 16.6. The molecule has 1 aromatic carbocycles. The van der Waals surface area contributed by atoms with Crippen LogP contribution in [0.25, 0.3) is 5.82 Å². The van der Waals surface area contributed by atoms with Crippen molar-refractivity contribution < 1.29 is 4.74 Å². The van der Waals surface area contributed by atoms with Gasteiger partial charge in [0, 0.05) is 37.7 Å². The van der Waals surface area contributed by atoms with E-state index in [-0.39, 0.29) is 5.56 Å². The summed E-state index contributed by atoms with van der Waals surface area (Å²) in [6.45, 7) is 0.588. The van der Waals surface area contributed by atoms with E-state index < -0.39 is 6.10 Å². The fourth-order valence-corrected chi connectivity index (χ4v) is 3.49. The Morgan fingerprint density at radius 1 is 1.13 bits per heavy atom. The molecule has 0 aliphatic heterocycles. The minimum Gasteiger partial charge on any atom is -0.370 e. The van der Waals surface area contributed by atoms with Gasteiger partial charge in [-0.1, -0.05) is 29.8 Å². The first-order chi connectivity index (χ1) is 15.1. The number of hydrogen-bond acceptors (Lipinski definition) is 5. The Labute approximate surface area is 183 Å². The lowest BCUT2D eigenvalue weighted by molar-refractivity contribution is 0.129. The van der Waals surface area contributed by atoms with Gasteiger partial charge in [-0.05, 0) is 29.8 Å². The molecule has 0 radical (unpaired) electrons. The van der Waals surface area contributed by atoms with Crippen molar-refractivity contribution in [1.82, 2.24) is 19.1 Å². The maximum absolute atomic E-state index is 12.1. The molecule has 8 heteroatoms. The average molecular weight is 432 g/mol. The van der Waals surface area contributed by atoms with Crippen LogP contribution in [0.5, 0.6) is 0 Å². The van der Waals surface area contributed by atoms with Crippen LogP contribution in [0, 0.1) is 11.3 Å². The molecule has 0 aliphatic rings. The number of nitrogens with zero attached hydrogens (tertiary/aromatic N) is 5. The number of methoxy groups -OCH3 is 1. The topological polar surface area (TPSA) is 85.7 Å². The molecule has 0 saturated carbocycles. The third-order valence-corrected chi connectivity index (χ3v) is 5.10. The molecule has 0 N–H and O–H groups in total. The molecular formula is C23H18ClN5O2. The van der Waals surface area contributed by atoms with Crippen molar-refractivity contribution in [2.45, 2.75) is 12.6 Å². The standard InChI is InChI=1S/C23H18ClN5O2/c1-31-23(18-6-8-21(27-11-18)29-14-19(24)7-9-22(29)30)20-12-26-15-28(20)13-17-4-2-16(10-25)3-5-17/h2-9,11-12,14-15,23H,13H2,1H3/t23-/m1/s1. The molecule has 0 saturated heterocycles. The second-order valence-corrected chi connectivity index (χ2v) is 7.31. The van der Waals surface area contributed by atoms with Crippen LogP contribution in [0.3, 0.4) is 0 Å². The summed E-state index contributed by atoms with van der Waals surface area (Å²) in [5, 5.41) is 9.42. The summed E-state index contributed by atoms with van der Waals surface area (Å²) in [6, 6.07) is 16.1. The number of benzene rings is 1. The molecular weight excluding hydrogens is 414 g/mol. The molecule has 3 aromatic heterocycles. The number of ether oxygens (including phenoxy) is 1. The molecule has 0 amide bonds. The Hall–Kier alpha value is -3.73. The van der Waals surface area contributed by atoms with E-state index in [1.54, 1.807) is 50.1 Å². The Balaban J connectivity index is 1.61. The van der Waals surface area contributed by atoms with E-state index in [4.69, 9.17) is 21.6 Å². The number of nitriles is 1. The molecule has 0 bridgehead atoms. The van der Waals surface area contributed by atoms with Gasteiger partial charge in [0.1, 0.15) is 11.9 Å². The molecule has 3 heterocycles. The van der Waals surface area contributed by atoms with E-state index in [1.807, 2.05) is 22.8 Å². The predicted molar refractivity (Wildman–Crippen MR) is 116 cm³/mol. The zero-order valence-corrected chi connectivity index (χ0v) is 17.4. The minimum atomic E-state index is -0.390. The van der Waals surface area contributed by atoms with E-state index in [9.17, 15) is 4.79 Å². The molecule has 0 aliphatic carbocycles. The van der Waals surface area contributed by atoms with Crippen molar-refractivity contribution in [3.05, 3.63) is 111 Å². The van der Waals surface area contributed by atoms with Gasteiger partial charge in [0.25, 0.3) is 5.56 Å². The molecule has 7 nitrogen and oxygen atoms in total. The summed E-state index contributed by atoms with van der Waals surface area (Å²) in [5.41, 5.74) is 3.13. The van der Waals surface area contributed by atoms with Gasteiger partial charge in [-0.25, -0.2) is 9.97 Å². The minimum absolute atomic E-state index is 0.214. The first kappa shape index (κ1) is 20.5. The van der Waals surface area contributed by atoms with Gasteiger partial charge in [-0.3, -0.25) is 9.36 Å². The summed E-state index contributed by atoms with van der Waals surface area (Å²) >= 11 is 6.01. The first-order valence-corrected chi connectivity index (χ1v) is 9.83. The second-order valence-electron chi connectivity index (χ2n) is 6.88. The van der Waals surface area contributed by atoms with E-state index in [2.05, 4.69) is 16.0 Å². The zero-order chi connectivity index (χ0) is 21.8. The van der Waals surface area contributed by atoms with Crippen LogP contribution in [0.4, 0.5) is 0 Å². The maximum Gasteiger partial charge on any atom is 0.256 e. The highest BCUT2D eigenvalue weighted by Gasteiger charge is 2.19. The Morgan fingerprint density at radius 3 is 2.61 bits per heavy atom. The van der Waals surface area contributed by atoms with E-state index in [1.165, 1.54) is 16.8 Å². The molecule has 1 atom stereocenters. The van der Waals surface area contributed by atoms with Gasteiger partial charge in [-0.2, -0.15) is 5.26 Å². The van der Waals surface area contributed by atoms with Crippen LogP contribution in [0.15, 0.2) is 78.2 Å². The quantitative estimate of drug-likeness (QED) is 0.464. The number of imidazole rings is 1. The molecule has 0 spiro atoms. The van der Waals surface area contributed by atoms with Gasteiger partial charge in [-0.15, -0.1) is 0 Å². The van der Waals surface area contributed by atoms with Crippen molar-refractivity contribution in [3.8, 4) is 11.9 Å². The molecule has 0 fully saturated rings. The monoisotopic (exact) mass is 431 g/mol. The summed E-state index contributed by atoms with van der Waals surface area (Å²) < 4.78 is 9.13. The maximum atomic E-state index is 12.1. The van der Waals surface area contributed by atoms with E-state index in [0.717, 1.165) is 16.8 Å². The molecule has 31 heavy (non-hydrogen) atoms. The Bertz CT molecular complexity index is 1290. The SMILES string of the molecule is CO[C@H](c1ccc(-n2cc(Cl)ccc2=O)nc1)c1cncn1Cc1ccc(C#N)cc1. The summed E-state index contributed by atoms with van der Waals surface area (Å²) in [4.78, 5) is 20.8. The number of hydrogen-bond donors (Lipinski definition) is 0. The van der Waals surface area contributed by atoms with Gasteiger partial charge in [0.05, 0.1) is 34.9 Å². The van der Waals surface area contributed by atoms with Gasteiger partial charge in [0.2, 0.25) is 0 Å². The lowest BCUT2D eigenvalue weighted by Gasteiger charge is -2.18. The lowest BCUT2D eigenvalue weighted by Crippen LogP contribution is -2.17. The lowest BCUT2D eigenvalue weighted by atomic mass is 10.1. The van der Waals surface area contributed by atoms with Crippen LogP contribution in [-0.4, -0.2) is 26.2 Å². The summed E-state index contributed by atoms with van der Waals surface area (Å²) in [7, 11) is 1.62. The third-order valence-electron chi connectivity index (χ3n) is 4.88. The van der Waals surface area contributed by atoms with Crippen LogP contribution in [0.1, 0.15) is 28.5 Å². The first-order valence-electron chi connectivity index (χ1n) is 9.45. The number of aromatic nitrogens is 4. The second kappa shape index (κ2) is 8.96. The van der Waals surface area contributed by atoms with Crippen LogP contribution in [-0.2, 0) is 11.3 Å². The molecule has 4 rings (SSSR count). The molecule has 154 valence electrons. The fourth-order valence-electron chi connectivity index (χ4n) is 3.33. The highest BCUT2D eigenvalue weighted by molar-refractivity contribution is 6.30. The van der Waals surface area contributed by atoms with Crippen LogP contribution >= 0.6 is 11.6 Å². The van der Waals surface area contributed by atoms with Gasteiger partial charge < -0.3 is 9.30 Å². The van der Waals surface area contributed by atoms with E-state index in [0.29, 0.717) is 22.9 Å². The molecule has 4 aromatic rings. The smallest absolute Gasteiger partial charge is 0.256 e. The van der Waals surface area contributed by atoms with E-state index >= 15 is 0 Å². The Morgan fingerprint density at radius 2 is 1.94 bits per heavy atom. The highest BCUT2D eigenvalue weighted by Crippen LogP contribution is 2.26. The van der Waals surface area contributed by atoms with Crippen LogP contribution < -0.4 is 5.56 Å². The van der Waals surface area contributed by atoms with Gasteiger partial charge >= 0.3 is 0 Å². The van der Waals surface area contributed by atoms with Crippen molar-refractivity contribution in [2.24, 2.45) is 0 Å². The predicted octanol–water partition coefficient (Wildman–Crippen LogP) is 3.74. The number of pyridine rings is 2. The van der Waals surface area contributed by atoms with Crippen LogP contribution in [0.2, 0.25) is 5.02 Å². The van der Waals surface area contributed by atoms with Crippen molar-refractivity contribution in [3.63, 3.8) is 0 Å². The number of halogens is 1. The summed E-state index contributed by atoms with van der Waals surface area (Å²) in [5.74, 6) is 0.470. The van der Waals surface area contributed by atoms with Crippen molar-refractivity contribution in [2.75, 3.05) is 7.11 Å². The Kier molecular flexibility index (Phi) is 5.94. The number of rotatable bonds is 6. The normalized spacial score (nSPS) is 11.8. The van der Waals surface area contributed by atoms with Crippen molar-refractivity contribution >= 4 is 11.6 Å². The highest BCUT2D eigenvalue weighted by atomic mass is 35.5. The summed E-state index contributed by atoms with van der Waals surface area (Å²) in [6.07, 6.45) is 6.32. The fraction of sp³-hybridized carbons (Fsp3) is 0.130.